The number of amides is 1. The Hall–Kier alpha value is -1.62. The number of hydrogen-bond acceptors (Lipinski definition) is 4. The van der Waals surface area contributed by atoms with Crippen molar-refractivity contribution in [3.63, 3.8) is 0 Å². The van der Waals surface area contributed by atoms with E-state index in [-0.39, 0.29) is 17.9 Å². The topological polar surface area (TPSA) is 51.7 Å². The molecule has 1 amide bonds. The van der Waals surface area contributed by atoms with Crippen LogP contribution in [0.4, 0.5) is 5.69 Å². The summed E-state index contributed by atoms with van der Waals surface area (Å²) in [5.41, 5.74) is 0.772. The van der Waals surface area contributed by atoms with Gasteiger partial charge in [0.25, 0.3) is 0 Å². The van der Waals surface area contributed by atoms with E-state index in [1.54, 1.807) is 31.3 Å². The molecule has 1 fully saturated rings. The summed E-state index contributed by atoms with van der Waals surface area (Å²) in [4.78, 5) is 18.6. The summed E-state index contributed by atoms with van der Waals surface area (Å²) >= 11 is 0. The maximum absolute atomic E-state index is 12.8. The van der Waals surface area contributed by atoms with Crippen molar-refractivity contribution < 1.29 is 14.3 Å². The smallest absolute Gasteiger partial charge is 0.232 e. The molecule has 21 heavy (non-hydrogen) atoms. The predicted octanol–water partition coefficient (Wildman–Crippen LogP) is 2.50. The molecule has 2 atom stereocenters. The Morgan fingerprint density at radius 1 is 1.48 bits per heavy atom. The minimum absolute atomic E-state index is 0.0000856. The molecule has 0 N–H and O–H groups in total. The van der Waals surface area contributed by atoms with Crippen molar-refractivity contribution in [1.29, 1.82) is 0 Å². The summed E-state index contributed by atoms with van der Waals surface area (Å²) in [6.45, 7) is 4.96. The zero-order valence-electron chi connectivity index (χ0n) is 13.2. The number of anilines is 1. The normalized spacial score (nSPS) is 22.1. The molecule has 5 nitrogen and oxygen atoms in total. The summed E-state index contributed by atoms with van der Waals surface area (Å²) in [6, 6.07) is 3.61. The molecule has 0 aliphatic carbocycles. The maximum atomic E-state index is 12.8. The van der Waals surface area contributed by atoms with Crippen LogP contribution in [0.25, 0.3) is 0 Å². The van der Waals surface area contributed by atoms with Crippen LogP contribution in [0.5, 0.6) is 5.88 Å². The molecule has 2 rings (SSSR count). The minimum atomic E-state index is -0.0779. The lowest BCUT2D eigenvalue weighted by molar-refractivity contribution is -0.134. The van der Waals surface area contributed by atoms with E-state index in [4.69, 9.17) is 9.47 Å². The van der Waals surface area contributed by atoms with Crippen LogP contribution in [0, 0.1) is 11.8 Å². The third kappa shape index (κ3) is 3.53. The number of ether oxygens (including phenoxy) is 2. The average Bonchev–Trinajstić information content (AvgIpc) is 2.53. The van der Waals surface area contributed by atoms with E-state index in [0.29, 0.717) is 11.8 Å². The molecule has 0 spiro atoms. The highest BCUT2D eigenvalue weighted by Gasteiger charge is 2.35. The molecule has 1 aliphatic rings. The summed E-state index contributed by atoms with van der Waals surface area (Å²) in [5, 5.41) is 0. The van der Waals surface area contributed by atoms with E-state index in [1.165, 1.54) is 0 Å². The second kappa shape index (κ2) is 6.89. The molecule has 1 aliphatic heterocycles. The van der Waals surface area contributed by atoms with E-state index < -0.39 is 0 Å². The number of rotatable bonds is 4. The van der Waals surface area contributed by atoms with Crippen molar-refractivity contribution in [2.75, 3.05) is 25.7 Å². The fourth-order valence-corrected chi connectivity index (χ4v) is 2.79. The Bertz CT molecular complexity index is 473. The lowest BCUT2D eigenvalue weighted by Crippen LogP contribution is -2.44. The Balaban J connectivity index is 2.12. The van der Waals surface area contributed by atoms with E-state index in [0.717, 1.165) is 25.1 Å². The molecule has 0 unspecified atom stereocenters. The number of pyridine rings is 1. The first-order valence-corrected chi connectivity index (χ1v) is 7.43. The first-order chi connectivity index (χ1) is 10.0. The SMILES string of the molecule is COc1ccc(N(C)C(=O)[C@@H]2CCCO[C@H]2C(C)C)cn1. The monoisotopic (exact) mass is 292 g/mol. The second-order valence-electron chi connectivity index (χ2n) is 5.78. The molecule has 0 bridgehead atoms. The van der Waals surface area contributed by atoms with E-state index in [1.807, 2.05) is 6.07 Å². The Kier molecular flexibility index (Phi) is 5.17. The van der Waals surface area contributed by atoms with Crippen LogP contribution < -0.4 is 9.64 Å². The Labute approximate surface area is 126 Å². The van der Waals surface area contributed by atoms with Crippen LogP contribution in [0.15, 0.2) is 18.3 Å². The van der Waals surface area contributed by atoms with Gasteiger partial charge in [0.2, 0.25) is 11.8 Å². The number of carbonyl (C=O) groups excluding carboxylic acids is 1. The number of nitrogens with zero attached hydrogens (tertiary/aromatic N) is 2. The molecule has 0 aromatic carbocycles. The fraction of sp³-hybridized carbons (Fsp3) is 0.625. The van der Waals surface area contributed by atoms with Gasteiger partial charge in [0, 0.05) is 19.7 Å². The van der Waals surface area contributed by atoms with E-state index in [2.05, 4.69) is 18.8 Å². The fourth-order valence-electron chi connectivity index (χ4n) is 2.79. The summed E-state index contributed by atoms with van der Waals surface area (Å²) in [6.07, 6.45) is 3.48. The van der Waals surface area contributed by atoms with E-state index >= 15 is 0 Å². The Morgan fingerprint density at radius 2 is 2.24 bits per heavy atom. The van der Waals surface area contributed by atoms with Gasteiger partial charge in [-0.15, -0.1) is 0 Å². The van der Waals surface area contributed by atoms with Gasteiger partial charge in [0.15, 0.2) is 0 Å². The molecule has 116 valence electrons. The standard InChI is InChI=1S/C16H24N2O3/c1-11(2)15-13(6-5-9-21-15)16(19)18(3)12-7-8-14(20-4)17-10-12/h7-8,10-11,13,15H,5-6,9H2,1-4H3/t13-,15+/m1/s1. The first kappa shape index (κ1) is 15.8. The molecule has 1 saturated heterocycles. The summed E-state index contributed by atoms with van der Waals surface area (Å²) in [5.74, 6) is 0.897. The third-order valence-electron chi connectivity index (χ3n) is 3.99. The molecule has 0 saturated carbocycles. The molecule has 5 heteroatoms. The van der Waals surface area contributed by atoms with Crippen molar-refractivity contribution >= 4 is 11.6 Å². The quantitative estimate of drug-likeness (QED) is 0.855. The minimum Gasteiger partial charge on any atom is -0.481 e. The molecule has 1 aromatic heterocycles. The lowest BCUT2D eigenvalue weighted by atomic mass is 9.86. The van der Waals surface area contributed by atoms with Crippen LogP contribution >= 0.6 is 0 Å². The van der Waals surface area contributed by atoms with Crippen LogP contribution in [-0.2, 0) is 9.53 Å². The van der Waals surface area contributed by atoms with E-state index in [9.17, 15) is 4.79 Å². The number of hydrogen-bond donors (Lipinski definition) is 0. The van der Waals surface area contributed by atoms with Crippen LogP contribution in [0.1, 0.15) is 26.7 Å². The van der Waals surface area contributed by atoms with Gasteiger partial charge in [0.1, 0.15) is 0 Å². The highest BCUT2D eigenvalue weighted by Crippen LogP contribution is 2.29. The molecular weight excluding hydrogens is 268 g/mol. The van der Waals surface area contributed by atoms with Gasteiger partial charge in [-0.05, 0) is 24.8 Å². The van der Waals surface area contributed by atoms with Gasteiger partial charge in [-0.25, -0.2) is 4.98 Å². The highest BCUT2D eigenvalue weighted by atomic mass is 16.5. The Morgan fingerprint density at radius 3 is 2.81 bits per heavy atom. The van der Waals surface area contributed by atoms with Crippen molar-refractivity contribution in [2.24, 2.45) is 11.8 Å². The van der Waals surface area contributed by atoms with Crippen molar-refractivity contribution in [3.8, 4) is 5.88 Å². The molecule has 2 heterocycles. The zero-order valence-corrected chi connectivity index (χ0v) is 13.2. The van der Waals surface area contributed by atoms with Crippen LogP contribution in [0.2, 0.25) is 0 Å². The van der Waals surface area contributed by atoms with Crippen molar-refractivity contribution in [3.05, 3.63) is 18.3 Å². The van der Waals surface area contributed by atoms with Gasteiger partial charge >= 0.3 is 0 Å². The molecule has 0 radical (unpaired) electrons. The number of methoxy groups -OCH3 is 1. The summed E-state index contributed by atoms with van der Waals surface area (Å²) < 4.78 is 10.9. The number of aromatic nitrogens is 1. The van der Waals surface area contributed by atoms with Gasteiger partial charge < -0.3 is 14.4 Å². The van der Waals surface area contributed by atoms with Gasteiger partial charge in [-0.2, -0.15) is 0 Å². The first-order valence-electron chi connectivity index (χ1n) is 7.43. The maximum Gasteiger partial charge on any atom is 0.232 e. The summed E-state index contributed by atoms with van der Waals surface area (Å²) in [7, 11) is 3.36. The third-order valence-corrected chi connectivity index (χ3v) is 3.99. The van der Waals surface area contributed by atoms with Gasteiger partial charge in [-0.1, -0.05) is 13.8 Å². The zero-order chi connectivity index (χ0) is 15.4. The lowest BCUT2D eigenvalue weighted by Gasteiger charge is -2.35. The second-order valence-corrected chi connectivity index (χ2v) is 5.78. The molecule has 1 aromatic rings. The number of carbonyl (C=O) groups is 1. The molecular formula is C16H24N2O3. The predicted molar refractivity (Wildman–Crippen MR) is 81.5 cm³/mol. The van der Waals surface area contributed by atoms with Crippen LogP contribution in [0.3, 0.4) is 0 Å². The van der Waals surface area contributed by atoms with Gasteiger partial charge in [-0.3, -0.25) is 4.79 Å². The average molecular weight is 292 g/mol. The largest absolute Gasteiger partial charge is 0.481 e. The van der Waals surface area contributed by atoms with Gasteiger partial charge in [0.05, 0.1) is 31.0 Å². The van der Waals surface area contributed by atoms with Crippen LogP contribution in [-0.4, -0.2) is 37.8 Å². The highest BCUT2D eigenvalue weighted by molar-refractivity contribution is 5.94. The van der Waals surface area contributed by atoms with Crippen molar-refractivity contribution in [1.82, 2.24) is 4.98 Å². The van der Waals surface area contributed by atoms with Crippen molar-refractivity contribution in [2.45, 2.75) is 32.8 Å².